The lowest BCUT2D eigenvalue weighted by atomic mass is 10.2. The van der Waals surface area contributed by atoms with Gasteiger partial charge < -0.3 is 10.1 Å². The lowest BCUT2D eigenvalue weighted by Crippen LogP contribution is -2.07. The smallest absolute Gasteiger partial charge is 0.142 e. The van der Waals surface area contributed by atoms with Gasteiger partial charge in [0, 0.05) is 9.35 Å². The number of thiophene rings is 1. The van der Waals surface area contributed by atoms with Crippen LogP contribution in [0.15, 0.2) is 40.2 Å². The van der Waals surface area contributed by atoms with Crippen LogP contribution in [0.25, 0.3) is 0 Å². The van der Waals surface area contributed by atoms with Crippen LogP contribution in [0.5, 0.6) is 5.75 Å². The van der Waals surface area contributed by atoms with E-state index in [9.17, 15) is 0 Å². The maximum Gasteiger partial charge on any atom is 0.142 e. The maximum atomic E-state index is 5.83. The van der Waals surface area contributed by atoms with Gasteiger partial charge in [-0.3, -0.25) is 0 Å². The highest BCUT2D eigenvalue weighted by Gasteiger charge is 2.06. The molecule has 0 atom stereocenters. The van der Waals surface area contributed by atoms with Crippen LogP contribution < -0.4 is 10.1 Å². The first-order chi connectivity index (χ1) is 9.16. The van der Waals surface area contributed by atoms with E-state index < -0.39 is 0 Å². The SMILES string of the molecule is CC(C)COc1ccccc1NCc1sccc1Br. The maximum absolute atomic E-state index is 5.83. The highest BCUT2D eigenvalue weighted by atomic mass is 79.9. The van der Waals surface area contributed by atoms with Crippen molar-refractivity contribution in [2.75, 3.05) is 11.9 Å². The molecule has 4 heteroatoms. The Hall–Kier alpha value is -1.00. The molecule has 19 heavy (non-hydrogen) atoms. The molecular formula is C15H18BrNOS. The van der Waals surface area contributed by atoms with Gasteiger partial charge in [-0.15, -0.1) is 11.3 Å². The fourth-order valence-electron chi connectivity index (χ4n) is 1.62. The number of hydrogen-bond acceptors (Lipinski definition) is 3. The van der Waals surface area contributed by atoms with Crippen LogP contribution in [0.2, 0.25) is 0 Å². The van der Waals surface area contributed by atoms with Crippen molar-refractivity contribution in [2.45, 2.75) is 20.4 Å². The quantitative estimate of drug-likeness (QED) is 0.784. The molecule has 0 unspecified atom stereocenters. The molecule has 2 nitrogen and oxygen atoms in total. The standard InChI is InChI=1S/C15H18BrNOS/c1-11(2)10-18-14-6-4-3-5-13(14)17-9-15-12(16)7-8-19-15/h3-8,11,17H,9-10H2,1-2H3. The summed E-state index contributed by atoms with van der Waals surface area (Å²) in [5, 5.41) is 5.52. The van der Waals surface area contributed by atoms with E-state index in [4.69, 9.17) is 4.74 Å². The topological polar surface area (TPSA) is 21.3 Å². The summed E-state index contributed by atoms with van der Waals surface area (Å²) >= 11 is 5.29. The van der Waals surface area contributed by atoms with Crippen molar-refractivity contribution < 1.29 is 4.74 Å². The van der Waals surface area contributed by atoms with E-state index in [1.54, 1.807) is 11.3 Å². The molecule has 0 aliphatic rings. The van der Waals surface area contributed by atoms with E-state index in [2.05, 4.69) is 52.6 Å². The van der Waals surface area contributed by atoms with Crippen molar-refractivity contribution in [3.05, 3.63) is 45.1 Å². The van der Waals surface area contributed by atoms with E-state index in [1.807, 2.05) is 18.2 Å². The molecule has 0 amide bonds. The van der Waals surface area contributed by atoms with E-state index in [0.717, 1.165) is 29.1 Å². The third-order valence-corrected chi connectivity index (χ3v) is 4.52. The largest absolute Gasteiger partial charge is 0.491 e. The van der Waals surface area contributed by atoms with Crippen LogP contribution in [0.4, 0.5) is 5.69 Å². The van der Waals surface area contributed by atoms with Gasteiger partial charge in [-0.1, -0.05) is 26.0 Å². The number of halogens is 1. The Morgan fingerprint density at radius 1 is 1.26 bits per heavy atom. The fraction of sp³-hybridized carbons (Fsp3) is 0.333. The minimum absolute atomic E-state index is 0.527. The van der Waals surface area contributed by atoms with Gasteiger partial charge in [0.2, 0.25) is 0 Å². The molecule has 1 aromatic carbocycles. The van der Waals surface area contributed by atoms with Crippen molar-refractivity contribution in [1.29, 1.82) is 0 Å². The Labute approximate surface area is 126 Å². The summed E-state index contributed by atoms with van der Waals surface area (Å²) in [6, 6.07) is 10.2. The molecule has 0 radical (unpaired) electrons. The monoisotopic (exact) mass is 339 g/mol. The van der Waals surface area contributed by atoms with Crippen molar-refractivity contribution in [1.82, 2.24) is 0 Å². The van der Waals surface area contributed by atoms with E-state index >= 15 is 0 Å². The van der Waals surface area contributed by atoms with Gasteiger partial charge in [-0.25, -0.2) is 0 Å². The molecular weight excluding hydrogens is 322 g/mol. The summed E-state index contributed by atoms with van der Waals surface area (Å²) < 4.78 is 6.99. The molecule has 0 aliphatic heterocycles. The molecule has 2 aromatic rings. The molecule has 0 saturated carbocycles. The second-order valence-corrected chi connectivity index (χ2v) is 6.60. The van der Waals surface area contributed by atoms with Gasteiger partial charge in [0.05, 0.1) is 18.8 Å². The molecule has 2 rings (SSSR count). The van der Waals surface area contributed by atoms with E-state index in [1.165, 1.54) is 4.88 Å². The van der Waals surface area contributed by atoms with Crippen LogP contribution in [0.1, 0.15) is 18.7 Å². The molecule has 1 N–H and O–H groups in total. The second-order valence-electron chi connectivity index (χ2n) is 4.75. The molecule has 0 saturated heterocycles. The van der Waals surface area contributed by atoms with Gasteiger partial charge in [0.1, 0.15) is 5.75 Å². The average Bonchev–Trinajstić information content (AvgIpc) is 2.80. The predicted octanol–water partition coefficient (Wildman–Crippen LogP) is 5.16. The Morgan fingerprint density at radius 3 is 2.74 bits per heavy atom. The average molecular weight is 340 g/mol. The first-order valence-corrected chi connectivity index (χ1v) is 8.01. The zero-order valence-electron chi connectivity index (χ0n) is 11.2. The molecule has 0 fully saturated rings. The normalized spacial score (nSPS) is 10.7. The number of nitrogens with one attached hydrogen (secondary N) is 1. The summed E-state index contributed by atoms with van der Waals surface area (Å²) in [4.78, 5) is 1.29. The highest BCUT2D eigenvalue weighted by Crippen LogP contribution is 2.27. The Balaban J connectivity index is 2.01. The first kappa shape index (κ1) is 14.4. The summed E-state index contributed by atoms with van der Waals surface area (Å²) in [7, 11) is 0. The van der Waals surface area contributed by atoms with Crippen LogP contribution >= 0.6 is 27.3 Å². The Kier molecular flexibility index (Phi) is 5.28. The number of rotatable bonds is 6. The Bertz CT molecular complexity index is 524. The molecule has 0 bridgehead atoms. The highest BCUT2D eigenvalue weighted by molar-refractivity contribution is 9.10. The second kappa shape index (κ2) is 6.96. The molecule has 102 valence electrons. The summed E-state index contributed by atoms with van der Waals surface area (Å²) in [6.45, 7) is 5.85. The number of ether oxygens (including phenoxy) is 1. The van der Waals surface area contributed by atoms with Crippen LogP contribution in [-0.2, 0) is 6.54 Å². The number of benzene rings is 1. The van der Waals surface area contributed by atoms with Crippen LogP contribution in [0.3, 0.4) is 0 Å². The summed E-state index contributed by atoms with van der Waals surface area (Å²) in [6.07, 6.45) is 0. The first-order valence-electron chi connectivity index (χ1n) is 6.34. The minimum atomic E-state index is 0.527. The predicted molar refractivity (Wildman–Crippen MR) is 86.1 cm³/mol. The molecule has 1 aromatic heterocycles. The van der Waals surface area contributed by atoms with Crippen molar-refractivity contribution in [3.8, 4) is 5.75 Å². The zero-order chi connectivity index (χ0) is 13.7. The lowest BCUT2D eigenvalue weighted by molar-refractivity contribution is 0.272. The van der Waals surface area contributed by atoms with Crippen molar-refractivity contribution in [3.63, 3.8) is 0 Å². The minimum Gasteiger partial charge on any atom is -0.491 e. The van der Waals surface area contributed by atoms with E-state index in [-0.39, 0.29) is 0 Å². The third-order valence-electron chi connectivity index (χ3n) is 2.59. The summed E-state index contributed by atoms with van der Waals surface area (Å²) in [5.41, 5.74) is 1.04. The lowest BCUT2D eigenvalue weighted by Gasteiger charge is -2.14. The van der Waals surface area contributed by atoms with Crippen molar-refractivity contribution in [2.24, 2.45) is 5.92 Å². The van der Waals surface area contributed by atoms with E-state index in [0.29, 0.717) is 5.92 Å². The van der Waals surface area contributed by atoms with Gasteiger partial charge in [-0.05, 0) is 45.4 Å². The van der Waals surface area contributed by atoms with Gasteiger partial charge in [0.15, 0.2) is 0 Å². The fourth-order valence-corrected chi connectivity index (χ4v) is 3.05. The Morgan fingerprint density at radius 2 is 2.05 bits per heavy atom. The molecule has 0 spiro atoms. The number of para-hydroxylation sites is 2. The van der Waals surface area contributed by atoms with Crippen molar-refractivity contribution >= 4 is 33.0 Å². The van der Waals surface area contributed by atoms with Crippen LogP contribution in [0, 0.1) is 5.92 Å². The molecule has 1 heterocycles. The summed E-state index contributed by atoms with van der Waals surface area (Å²) in [5.74, 6) is 1.45. The van der Waals surface area contributed by atoms with Gasteiger partial charge in [-0.2, -0.15) is 0 Å². The number of anilines is 1. The van der Waals surface area contributed by atoms with Crippen LogP contribution in [-0.4, -0.2) is 6.61 Å². The number of hydrogen-bond donors (Lipinski definition) is 1. The third kappa shape index (κ3) is 4.25. The van der Waals surface area contributed by atoms with Gasteiger partial charge >= 0.3 is 0 Å². The molecule has 0 aliphatic carbocycles. The van der Waals surface area contributed by atoms with Gasteiger partial charge in [0.25, 0.3) is 0 Å². The zero-order valence-corrected chi connectivity index (χ0v) is 13.6.